The summed E-state index contributed by atoms with van der Waals surface area (Å²) in [4.78, 5) is 16.2. The summed E-state index contributed by atoms with van der Waals surface area (Å²) in [5, 5.41) is 0. The Kier molecular flexibility index (Phi) is 9.48. The van der Waals surface area contributed by atoms with E-state index in [0.717, 1.165) is 44.7 Å². The topological polar surface area (TPSA) is 32.8 Å². The molecule has 1 heterocycles. The van der Waals surface area contributed by atoms with E-state index in [1.807, 2.05) is 4.90 Å². The second-order valence-electron chi connectivity index (χ2n) is 6.37. The van der Waals surface area contributed by atoms with Gasteiger partial charge < -0.3 is 14.5 Å². The smallest absolute Gasteiger partial charge is 0.409 e. The number of ether oxygens (including phenoxy) is 1. The average molecular weight is 298 g/mol. The lowest BCUT2D eigenvalue weighted by molar-refractivity contribution is 0.0826. The minimum Gasteiger partial charge on any atom is -0.449 e. The summed E-state index contributed by atoms with van der Waals surface area (Å²) >= 11 is 0. The highest BCUT2D eigenvalue weighted by atomic mass is 16.6. The Morgan fingerprint density at radius 1 is 1.14 bits per heavy atom. The normalized spacial score (nSPS) is 16.5. The number of hydrogen-bond donors (Lipinski definition) is 0. The predicted octanol–water partition coefficient (Wildman–Crippen LogP) is 3.76. The minimum absolute atomic E-state index is 0.113. The third-order valence-electron chi connectivity index (χ3n) is 4.31. The first kappa shape index (κ1) is 18.3. The van der Waals surface area contributed by atoms with Crippen molar-refractivity contribution in [3.63, 3.8) is 0 Å². The molecule has 0 aromatic rings. The van der Waals surface area contributed by atoms with Gasteiger partial charge in [-0.3, -0.25) is 0 Å². The predicted molar refractivity (Wildman–Crippen MR) is 87.6 cm³/mol. The Morgan fingerprint density at radius 3 is 2.43 bits per heavy atom. The Bertz CT molecular complexity index is 276. The van der Waals surface area contributed by atoms with Gasteiger partial charge in [0.05, 0.1) is 6.61 Å². The number of likely N-dealkylation sites (tertiary alicyclic amines) is 1. The van der Waals surface area contributed by atoms with Gasteiger partial charge in [0.25, 0.3) is 0 Å². The van der Waals surface area contributed by atoms with Crippen LogP contribution in [0, 0.1) is 5.92 Å². The van der Waals surface area contributed by atoms with Gasteiger partial charge in [-0.15, -0.1) is 0 Å². The van der Waals surface area contributed by atoms with Crippen LogP contribution in [0.5, 0.6) is 0 Å². The molecule has 0 unspecified atom stereocenters. The van der Waals surface area contributed by atoms with Crippen LogP contribution in [0.15, 0.2) is 0 Å². The summed E-state index contributed by atoms with van der Waals surface area (Å²) in [5.74, 6) is 0.733. The number of carbonyl (C=O) groups is 1. The van der Waals surface area contributed by atoms with Crippen LogP contribution in [-0.2, 0) is 4.74 Å². The molecule has 4 heteroatoms. The van der Waals surface area contributed by atoms with E-state index in [4.69, 9.17) is 4.74 Å². The van der Waals surface area contributed by atoms with E-state index in [0.29, 0.717) is 6.61 Å². The fourth-order valence-corrected chi connectivity index (χ4v) is 2.86. The molecule has 0 atom stereocenters. The highest BCUT2D eigenvalue weighted by Crippen LogP contribution is 2.19. The molecule has 4 nitrogen and oxygen atoms in total. The van der Waals surface area contributed by atoms with Gasteiger partial charge in [-0.25, -0.2) is 4.79 Å². The second-order valence-corrected chi connectivity index (χ2v) is 6.37. The van der Waals surface area contributed by atoms with Crippen molar-refractivity contribution in [1.82, 2.24) is 9.80 Å². The van der Waals surface area contributed by atoms with Crippen molar-refractivity contribution in [3.8, 4) is 0 Å². The van der Waals surface area contributed by atoms with Crippen molar-refractivity contribution >= 4 is 6.09 Å². The molecule has 1 rings (SSSR count). The standard InChI is InChI=1S/C17H34N2O2/c1-4-6-8-11-18(3)15-16-9-12-19(13-10-16)17(20)21-14-7-5-2/h16H,4-15H2,1-3H3. The zero-order chi connectivity index (χ0) is 15.5. The lowest BCUT2D eigenvalue weighted by Crippen LogP contribution is -2.41. The number of rotatable bonds is 9. The van der Waals surface area contributed by atoms with E-state index in [1.165, 1.54) is 32.4 Å². The van der Waals surface area contributed by atoms with E-state index in [2.05, 4.69) is 25.8 Å². The maximum atomic E-state index is 11.9. The molecule has 0 N–H and O–H groups in total. The first-order valence-corrected chi connectivity index (χ1v) is 8.77. The summed E-state index contributed by atoms with van der Waals surface area (Å²) in [6.07, 6.45) is 8.05. The molecule has 124 valence electrons. The molecule has 0 spiro atoms. The monoisotopic (exact) mass is 298 g/mol. The molecule has 1 aliphatic heterocycles. The molecule has 1 saturated heterocycles. The summed E-state index contributed by atoms with van der Waals surface area (Å²) in [6.45, 7) is 9.01. The first-order chi connectivity index (χ1) is 10.2. The first-order valence-electron chi connectivity index (χ1n) is 8.77. The van der Waals surface area contributed by atoms with Gasteiger partial charge >= 0.3 is 6.09 Å². The lowest BCUT2D eigenvalue weighted by Gasteiger charge is -2.33. The summed E-state index contributed by atoms with van der Waals surface area (Å²) < 4.78 is 5.28. The van der Waals surface area contributed by atoms with E-state index in [9.17, 15) is 4.79 Å². The van der Waals surface area contributed by atoms with Gasteiger partial charge in [-0.2, -0.15) is 0 Å². The van der Waals surface area contributed by atoms with Crippen molar-refractivity contribution in [1.29, 1.82) is 0 Å². The lowest BCUT2D eigenvalue weighted by atomic mass is 9.96. The van der Waals surface area contributed by atoms with Crippen LogP contribution in [0.3, 0.4) is 0 Å². The van der Waals surface area contributed by atoms with Crippen LogP contribution in [0.4, 0.5) is 4.79 Å². The van der Waals surface area contributed by atoms with Crippen LogP contribution in [0.2, 0.25) is 0 Å². The van der Waals surface area contributed by atoms with E-state index in [1.54, 1.807) is 0 Å². The zero-order valence-corrected chi connectivity index (χ0v) is 14.3. The third-order valence-corrected chi connectivity index (χ3v) is 4.31. The Morgan fingerprint density at radius 2 is 1.81 bits per heavy atom. The van der Waals surface area contributed by atoms with Gasteiger partial charge in [-0.1, -0.05) is 33.1 Å². The van der Waals surface area contributed by atoms with Crippen LogP contribution < -0.4 is 0 Å². The molecule has 1 fully saturated rings. The number of carbonyl (C=O) groups excluding carboxylic acids is 1. The van der Waals surface area contributed by atoms with E-state index < -0.39 is 0 Å². The van der Waals surface area contributed by atoms with Crippen molar-refractivity contribution in [2.45, 2.75) is 58.8 Å². The van der Waals surface area contributed by atoms with Gasteiger partial charge in [0.15, 0.2) is 0 Å². The Labute approximate surface area is 130 Å². The average Bonchev–Trinajstić information content (AvgIpc) is 2.48. The number of hydrogen-bond acceptors (Lipinski definition) is 3. The molecule has 0 saturated carbocycles. The van der Waals surface area contributed by atoms with Crippen molar-refractivity contribution < 1.29 is 9.53 Å². The van der Waals surface area contributed by atoms with Crippen LogP contribution in [0.25, 0.3) is 0 Å². The maximum absolute atomic E-state index is 11.9. The van der Waals surface area contributed by atoms with E-state index >= 15 is 0 Å². The molecular weight excluding hydrogens is 264 g/mol. The quantitative estimate of drug-likeness (QED) is 0.608. The highest BCUT2D eigenvalue weighted by molar-refractivity contribution is 5.67. The van der Waals surface area contributed by atoms with Gasteiger partial charge in [0.2, 0.25) is 0 Å². The Balaban J connectivity index is 2.15. The molecule has 1 amide bonds. The summed E-state index contributed by atoms with van der Waals surface area (Å²) in [6, 6.07) is 0. The van der Waals surface area contributed by atoms with Crippen LogP contribution in [0.1, 0.15) is 58.8 Å². The summed E-state index contributed by atoms with van der Waals surface area (Å²) in [5.41, 5.74) is 0. The molecule has 0 aliphatic carbocycles. The van der Waals surface area contributed by atoms with Crippen LogP contribution >= 0.6 is 0 Å². The molecule has 21 heavy (non-hydrogen) atoms. The van der Waals surface area contributed by atoms with E-state index in [-0.39, 0.29) is 6.09 Å². The van der Waals surface area contributed by atoms with Gasteiger partial charge in [0.1, 0.15) is 0 Å². The maximum Gasteiger partial charge on any atom is 0.409 e. The van der Waals surface area contributed by atoms with Crippen molar-refractivity contribution in [3.05, 3.63) is 0 Å². The second kappa shape index (κ2) is 10.9. The third kappa shape index (κ3) is 7.70. The minimum atomic E-state index is -0.113. The van der Waals surface area contributed by atoms with Gasteiger partial charge in [-0.05, 0) is 45.2 Å². The fraction of sp³-hybridized carbons (Fsp3) is 0.941. The molecule has 0 aromatic heterocycles. The molecule has 0 radical (unpaired) electrons. The molecule has 1 aliphatic rings. The molecule has 0 bridgehead atoms. The van der Waals surface area contributed by atoms with Crippen molar-refractivity contribution in [2.24, 2.45) is 5.92 Å². The highest BCUT2D eigenvalue weighted by Gasteiger charge is 2.24. The Hall–Kier alpha value is -0.770. The number of piperidine rings is 1. The number of nitrogens with zero attached hydrogens (tertiary/aromatic N) is 2. The van der Waals surface area contributed by atoms with Gasteiger partial charge in [0, 0.05) is 19.6 Å². The SMILES string of the molecule is CCCCCN(C)CC1CCN(C(=O)OCCCC)CC1. The largest absolute Gasteiger partial charge is 0.449 e. The summed E-state index contributed by atoms with van der Waals surface area (Å²) in [7, 11) is 2.22. The fourth-order valence-electron chi connectivity index (χ4n) is 2.86. The zero-order valence-electron chi connectivity index (χ0n) is 14.3. The van der Waals surface area contributed by atoms with Crippen LogP contribution in [-0.4, -0.2) is 55.7 Å². The molecular formula is C17H34N2O2. The molecule has 0 aromatic carbocycles. The number of amides is 1. The van der Waals surface area contributed by atoms with Crippen molar-refractivity contribution in [2.75, 3.05) is 39.8 Å². The number of unbranched alkanes of at least 4 members (excludes halogenated alkanes) is 3.